The molecule has 0 aromatic heterocycles. The Morgan fingerprint density at radius 1 is 0.929 bits per heavy atom. The highest BCUT2D eigenvalue weighted by atomic mass is 16.2. The van der Waals surface area contributed by atoms with Crippen molar-refractivity contribution in [3.05, 3.63) is 65.2 Å². The van der Waals surface area contributed by atoms with Crippen molar-refractivity contribution < 1.29 is 9.59 Å². The molecule has 2 aromatic carbocycles. The van der Waals surface area contributed by atoms with Gasteiger partial charge >= 0.3 is 0 Å². The third-order valence-electron chi connectivity index (χ3n) is 5.30. The Hall–Kier alpha value is -2.66. The molecule has 28 heavy (non-hydrogen) atoms. The molecule has 0 saturated carbocycles. The molecule has 0 spiro atoms. The molecular weight excluding hydrogens is 350 g/mol. The van der Waals surface area contributed by atoms with Gasteiger partial charge < -0.3 is 10.2 Å². The fraction of sp³-hybridized carbons (Fsp3) is 0.391. The Morgan fingerprint density at radius 2 is 1.64 bits per heavy atom. The number of amides is 2. The first kappa shape index (κ1) is 20.1. The van der Waals surface area contributed by atoms with E-state index in [4.69, 9.17) is 0 Å². The van der Waals surface area contributed by atoms with Gasteiger partial charge in [0.15, 0.2) is 0 Å². The second-order valence-electron chi connectivity index (χ2n) is 7.59. The fourth-order valence-corrected chi connectivity index (χ4v) is 3.62. The van der Waals surface area contributed by atoms with E-state index in [1.807, 2.05) is 74.2 Å². The van der Waals surface area contributed by atoms with Crippen LogP contribution in [0.25, 0.3) is 0 Å². The number of aryl methyl sites for hydroxylation is 2. The van der Waals surface area contributed by atoms with E-state index in [1.54, 1.807) is 0 Å². The van der Waals surface area contributed by atoms with E-state index < -0.39 is 0 Å². The molecule has 3 rings (SSSR count). The summed E-state index contributed by atoms with van der Waals surface area (Å²) in [5.41, 5.74) is 3.76. The van der Waals surface area contributed by atoms with Gasteiger partial charge in [-0.25, -0.2) is 0 Å². The normalized spacial score (nSPS) is 16.3. The number of hydrogen-bond acceptors (Lipinski definition) is 3. The van der Waals surface area contributed by atoms with Gasteiger partial charge in [-0.15, -0.1) is 0 Å². The molecule has 1 aliphatic heterocycles. The van der Waals surface area contributed by atoms with Crippen LogP contribution >= 0.6 is 0 Å². The van der Waals surface area contributed by atoms with Crippen LogP contribution < -0.4 is 5.32 Å². The molecule has 1 heterocycles. The molecule has 2 aromatic rings. The number of benzene rings is 2. The van der Waals surface area contributed by atoms with Crippen LogP contribution in [0.5, 0.6) is 0 Å². The minimum atomic E-state index is -0.241. The van der Waals surface area contributed by atoms with Crippen molar-refractivity contribution in [3.63, 3.8) is 0 Å². The topological polar surface area (TPSA) is 52.7 Å². The van der Waals surface area contributed by atoms with E-state index in [0.717, 1.165) is 41.9 Å². The molecule has 1 aliphatic rings. The minimum Gasteiger partial charge on any atom is -0.337 e. The van der Waals surface area contributed by atoms with Crippen molar-refractivity contribution in [2.24, 2.45) is 0 Å². The summed E-state index contributed by atoms with van der Waals surface area (Å²) in [7, 11) is 0. The Labute approximate surface area is 167 Å². The van der Waals surface area contributed by atoms with Gasteiger partial charge in [-0.3, -0.25) is 14.5 Å². The lowest BCUT2D eigenvalue weighted by atomic mass is 10.1. The van der Waals surface area contributed by atoms with Gasteiger partial charge in [0.05, 0.1) is 6.04 Å². The summed E-state index contributed by atoms with van der Waals surface area (Å²) >= 11 is 0. The first-order chi connectivity index (χ1) is 13.4. The van der Waals surface area contributed by atoms with Gasteiger partial charge in [0.1, 0.15) is 0 Å². The van der Waals surface area contributed by atoms with Crippen molar-refractivity contribution in [2.45, 2.75) is 33.2 Å². The minimum absolute atomic E-state index is 0.0101. The monoisotopic (exact) mass is 379 g/mol. The summed E-state index contributed by atoms with van der Waals surface area (Å²) in [5.74, 6) is 0.0616. The van der Waals surface area contributed by atoms with E-state index in [1.165, 1.54) is 0 Å². The Bertz CT molecular complexity index is 849. The van der Waals surface area contributed by atoms with Crippen molar-refractivity contribution >= 4 is 17.5 Å². The van der Waals surface area contributed by atoms with Gasteiger partial charge in [0.25, 0.3) is 5.91 Å². The molecule has 0 radical (unpaired) electrons. The Kier molecular flexibility index (Phi) is 6.47. The quantitative estimate of drug-likeness (QED) is 0.885. The van der Waals surface area contributed by atoms with Crippen LogP contribution in [0.4, 0.5) is 5.69 Å². The lowest BCUT2D eigenvalue weighted by Crippen LogP contribution is -2.44. The van der Waals surface area contributed by atoms with Gasteiger partial charge in [-0.05, 0) is 57.0 Å². The highest BCUT2D eigenvalue weighted by molar-refractivity contribution is 5.95. The molecule has 2 amide bonds. The maximum Gasteiger partial charge on any atom is 0.253 e. The maximum atomic E-state index is 12.8. The largest absolute Gasteiger partial charge is 0.337 e. The first-order valence-electron chi connectivity index (χ1n) is 9.91. The average Bonchev–Trinajstić information content (AvgIpc) is 2.93. The van der Waals surface area contributed by atoms with Crippen LogP contribution in [-0.4, -0.2) is 53.8 Å². The average molecular weight is 380 g/mol. The summed E-state index contributed by atoms with van der Waals surface area (Å²) < 4.78 is 0. The highest BCUT2D eigenvalue weighted by Gasteiger charge is 2.26. The van der Waals surface area contributed by atoms with Gasteiger partial charge in [0.2, 0.25) is 5.91 Å². The molecule has 5 nitrogen and oxygen atoms in total. The van der Waals surface area contributed by atoms with E-state index >= 15 is 0 Å². The van der Waals surface area contributed by atoms with Gasteiger partial charge in [-0.1, -0.05) is 29.8 Å². The first-order valence-corrected chi connectivity index (χ1v) is 9.91. The predicted molar refractivity (Wildman–Crippen MR) is 113 cm³/mol. The van der Waals surface area contributed by atoms with Crippen LogP contribution in [0.2, 0.25) is 0 Å². The summed E-state index contributed by atoms with van der Waals surface area (Å²) in [6.07, 6.45) is 0.861. The number of nitrogens with zero attached hydrogens (tertiary/aromatic N) is 2. The molecule has 1 unspecified atom stereocenters. The van der Waals surface area contributed by atoms with Crippen molar-refractivity contribution in [2.75, 3.05) is 31.5 Å². The second kappa shape index (κ2) is 9.02. The zero-order valence-electron chi connectivity index (χ0n) is 16.9. The number of carbonyl (C=O) groups excluding carboxylic acids is 2. The Morgan fingerprint density at radius 3 is 2.36 bits per heavy atom. The van der Waals surface area contributed by atoms with Crippen molar-refractivity contribution in [3.8, 4) is 0 Å². The van der Waals surface area contributed by atoms with Crippen LogP contribution in [0.15, 0.2) is 48.5 Å². The zero-order valence-corrected chi connectivity index (χ0v) is 16.9. The maximum absolute atomic E-state index is 12.8. The summed E-state index contributed by atoms with van der Waals surface area (Å²) in [5, 5.41) is 3.01. The lowest BCUT2D eigenvalue weighted by Gasteiger charge is -2.27. The van der Waals surface area contributed by atoms with Crippen LogP contribution in [-0.2, 0) is 4.79 Å². The predicted octanol–water partition coefficient (Wildman–Crippen LogP) is 3.48. The molecule has 1 saturated heterocycles. The molecule has 1 atom stereocenters. The molecule has 1 fully saturated rings. The lowest BCUT2D eigenvalue weighted by molar-refractivity contribution is -0.120. The molecule has 0 aliphatic carbocycles. The van der Waals surface area contributed by atoms with E-state index in [2.05, 4.69) is 10.2 Å². The van der Waals surface area contributed by atoms with Crippen LogP contribution in [0, 0.1) is 13.8 Å². The van der Waals surface area contributed by atoms with Gasteiger partial charge in [0, 0.05) is 37.4 Å². The number of nitrogens with one attached hydrogen (secondary N) is 1. The smallest absolute Gasteiger partial charge is 0.253 e. The van der Waals surface area contributed by atoms with E-state index in [0.29, 0.717) is 13.1 Å². The molecule has 5 heteroatoms. The number of rotatable bonds is 4. The third kappa shape index (κ3) is 4.98. The second-order valence-corrected chi connectivity index (χ2v) is 7.59. The summed E-state index contributed by atoms with van der Waals surface area (Å²) in [6, 6.07) is 15.3. The zero-order chi connectivity index (χ0) is 20.1. The summed E-state index contributed by atoms with van der Waals surface area (Å²) in [6.45, 7) is 8.79. The van der Waals surface area contributed by atoms with Gasteiger partial charge in [-0.2, -0.15) is 0 Å². The summed E-state index contributed by atoms with van der Waals surface area (Å²) in [4.78, 5) is 29.6. The number of hydrogen-bond donors (Lipinski definition) is 1. The standard InChI is InChI=1S/C23H29N3O2/c1-17-7-4-9-20(15-17)23(28)26-12-6-11-25(13-14-26)19(3)22(27)24-21-10-5-8-18(2)16-21/h4-5,7-10,15-16,19H,6,11-14H2,1-3H3,(H,24,27). The van der Waals surface area contributed by atoms with Crippen molar-refractivity contribution in [1.82, 2.24) is 9.80 Å². The van der Waals surface area contributed by atoms with Crippen molar-refractivity contribution in [1.29, 1.82) is 0 Å². The van der Waals surface area contributed by atoms with Crippen LogP contribution in [0.3, 0.4) is 0 Å². The molecule has 148 valence electrons. The molecular formula is C23H29N3O2. The van der Waals surface area contributed by atoms with E-state index in [-0.39, 0.29) is 17.9 Å². The van der Waals surface area contributed by atoms with Crippen LogP contribution in [0.1, 0.15) is 34.8 Å². The SMILES string of the molecule is Cc1cccc(NC(=O)C(C)N2CCCN(C(=O)c3cccc(C)c3)CC2)c1. The highest BCUT2D eigenvalue weighted by Crippen LogP contribution is 2.15. The third-order valence-corrected chi connectivity index (χ3v) is 5.30. The fourth-order valence-electron chi connectivity index (χ4n) is 3.62. The van der Waals surface area contributed by atoms with E-state index in [9.17, 15) is 9.59 Å². The molecule has 0 bridgehead atoms. The molecule has 1 N–H and O–H groups in total. The Balaban J connectivity index is 1.59. The number of carbonyl (C=O) groups is 2. The number of anilines is 1.